The molecule has 7 heteroatoms. The summed E-state index contributed by atoms with van der Waals surface area (Å²) in [6, 6.07) is 4.41. The number of rotatable bonds is 3. The Balaban J connectivity index is 2.42. The maximum absolute atomic E-state index is 12.3. The fourth-order valence-corrected chi connectivity index (χ4v) is 2.43. The highest BCUT2D eigenvalue weighted by Crippen LogP contribution is 2.35. The lowest BCUT2D eigenvalue weighted by Gasteiger charge is -2.10. The number of thiazole rings is 1. The van der Waals surface area contributed by atoms with E-state index in [0.717, 1.165) is 0 Å². The molecule has 0 aliphatic rings. The van der Waals surface area contributed by atoms with E-state index in [4.69, 9.17) is 6.42 Å². The predicted octanol–water partition coefficient (Wildman–Crippen LogP) is 3.26. The summed E-state index contributed by atoms with van der Waals surface area (Å²) >= 11 is 1.26. The van der Waals surface area contributed by atoms with E-state index in [1.165, 1.54) is 23.5 Å². The Morgan fingerprint density at radius 2 is 2.21 bits per heavy atom. The first-order chi connectivity index (χ1) is 8.90. The number of alkyl halides is 3. The van der Waals surface area contributed by atoms with Gasteiger partial charge in [-0.3, -0.25) is 0 Å². The molecule has 0 amide bonds. The summed E-state index contributed by atoms with van der Waals surface area (Å²) in [7, 11) is 1.72. The molecule has 0 aliphatic carbocycles. The van der Waals surface area contributed by atoms with Gasteiger partial charge in [-0.25, -0.2) is 4.98 Å². The van der Waals surface area contributed by atoms with Gasteiger partial charge in [0, 0.05) is 7.05 Å². The molecule has 100 valence electrons. The van der Waals surface area contributed by atoms with Crippen molar-refractivity contribution in [2.24, 2.45) is 0 Å². The van der Waals surface area contributed by atoms with Gasteiger partial charge in [0.15, 0.2) is 10.9 Å². The van der Waals surface area contributed by atoms with E-state index >= 15 is 0 Å². The smallest absolute Gasteiger partial charge is 0.403 e. The van der Waals surface area contributed by atoms with Crippen LogP contribution in [0.2, 0.25) is 0 Å². The third-order valence-corrected chi connectivity index (χ3v) is 3.39. The highest BCUT2D eigenvalue weighted by atomic mass is 32.1. The summed E-state index contributed by atoms with van der Waals surface area (Å²) < 4.78 is 41.4. The monoisotopic (exact) mass is 286 g/mol. The van der Waals surface area contributed by atoms with E-state index in [1.54, 1.807) is 18.0 Å². The SMILES string of the molecule is C#CCN(C)c1nc2c(OC(F)(F)F)cccc2s1. The molecule has 0 spiro atoms. The normalized spacial score (nSPS) is 11.3. The zero-order valence-corrected chi connectivity index (χ0v) is 10.7. The first-order valence-electron chi connectivity index (χ1n) is 5.20. The number of terminal acetylenes is 1. The minimum absolute atomic E-state index is 0.184. The number of para-hydroxylation sites is 1. The standard InChI is InChI=1S/C12H9F3N2OS/c1-3-7-17(2)11-16-10-8(18-12(13,14)15)5-4-6-9(10)19-11/h1,4-6H,7H2,2H3. The third kappa shape index (κ3) is 3.09. The van der Waals surface area contributed by atoms with Gasteiger partial charge in [-0.1, -0.05) is 23.3 Å². The van der Waals surface area contributed by atoms with Crippen molar-refractivity contribution in [3.05, 3.63) is 18.2 Å². The van der Waals surface area contributed by atoms with Gasteiger partial charge >= 0.3 is 6.36 Å². The van der Waals surface area contributed by atoms with Crippen LogP contribution >= 0.6 is 11.3 Å². The minimum atomic E-state index is -4.73. The van der Waals surface area contributed by atoms with Gasteiger partial charge < -0.3 is 9.64 Å². The van der Waals surface area contributed by atoms with Crippen LogP contribution in [0.25, 0.3) is 10.2 Å². The van der Waals surface area contributed by atoms with Gasteiger partial charge in [-0.2, -0.15) is 0 Å². The molecule has 1 heterocycles. The van der Waals surface area contributed by atoms with E-state index in [2.05, 4.69) is 15.6 Å². The van der Waals surface area contributed by atoms with Crippen LogP contribution in [-0.2, 0) is 0 Å². The zero-order chi connectivity index (χ0) is 14.0. The topological polar surface area (TPSA) is 25.4 Å². The Hall–Kier alpha value is -1.94. The molecule has 0 saturated heterocycles. The van der Waals surface area contributed by atoms with Crippen LogP contribution in [0.5, 0.6) is 5.75 Å². The second kappa shape index (κ2) is 4.97. The largest absolute Gasteiger partial charge is 0.573 e. The molecule has 1 aromatic heterocycles. The number of hydrogen-bond acceptors (Lipinski definition) is 4. The second-order valence-corrected chi connectivity index (χ2v) is 4.72. The fourth-order valence-electron chi connectivity index (χ4n) is 1.49. The molecular weight excluding hydrogens is 277 g/mol. The van der Waals surface area contributed by atoms with Crippen molar-refractivity contribution in [3.8, 4) is 18.1 Å². The van der Waals surface area contributed by atoms with Crippen molar-refractivity contribution in [2.45, 2.75) is 6.36 Å². The minimum Gasteiger partial charge on any atom is -0.403 e. The number of hydrogen-bond donors (Lipinski definition) is 0. The molecule has 0 unspecified atom stereocenters. The highest BCUT2D eigenvalue weighted by molar-refractivity contribution is 7.22. The van der Waals surface area contributed by atoms with Crippen molar-refractivity contribution in [2.75, 3.05) is 18.5 Å². The fraction of sp³-hybridized carbons (Fsp3) is 0.250. The summed E-state index contributed by atoms with van der Waals surface area (Å²) in [4.78, 5) is 5.82. The van der Waals surface area contributed by atoms with Gasteiger partial charge in [0.2, 0.25) is 0 Å². The zero-order valence-electron chi connectivity index (χ0n) is 9.86. The molecule has 0 radical (unpaired) electrons. The number of halogens is 3. The summed E-state index contributed by atoms with van der Waals surface area (Å²) in [6.45, 7) is 0.329. The van der Waals surface area contributed by atoms with Crippen LogP contribution in [0.1, 0.15) is 0 Å². The first-order valence-corrected chi connectivity index (χ1v) is 6.02. The number of fused-ring (bicyclic) bond motifs is 1. The van der Waals surface area contributed by atoms with Crippen LogP contribution in [0.4, 0.5) is 18.3 Å². The lowest BCUT2D eigenvalue weighted by atomic mass is 10.3. The number of anilines is 1. The van der Waals surface area contributed by atoms with E-state index in [-0.39, 0.29) is 11.3 Å². The summed E-state index contributed by atoms with van der Waals surface area (Å²) in [6.07, 6.45) is 0.453. The Kier molecular flexibility index (Phi) is 3.53. The number of benzene rings is 1. The maximum atomic E-state index is 12.3. The van der Waals surface area contributed by atoms with Crippen molar-refractivity contribution in [1.29, 1.82) is 0 Å². The van der Waals surface area contributed by atoms with Gasteiger partial charge in [-0.15, -0.1) is 19.6 Å². The lowest BCUT2D eigenvalue weighted by molar-refractivity contribution is -0.274. The third-order valence-electron chi connectivity index (χ3n) is 2.25. The van der Waals surface area contributed by atoms with E-state index in [0.29, 0.717) is 16.4 Å². The van der Waals surface area contributed by atoms with Crippen LogP contribution < -0.4 is 9.64 Å². The molecule has 0 bridgehead atoms. The summed E-state index contributed by atoms with van der Waals surface area (Å²) in [5.41, 5.74) is 0.184. The molecule has 19 heavy (non-hydrogen) atoms. The molecule has 0 atom stereocenters. The second-order valence-electron chi connectivity index (χ2n) is 3.71. The van der Waals surface area contributed by atoms with Gasteiger partial charge in [0.25, 0.3) is 0 Å². The van der Waals surface area contributed by atoms with E-state index in [1.807, 2.05) is 0 Å². The Morgan fingerprint density at radius 1 is 1.47 bits per heavy atom. The maximum Gasteiger partial charge on any atom is 0.573 e. The molecule has 0 saturated carbocycles. The van der Waals surface area contributed by atoms with Crippen molar-refractivity contribution in [1.82, 2.24) is 4.98 Å². The average molecular weight is 286 g/mol. The number of nitrogens with zero attached hydrogens (tertiary/aromatic N) is 2. The van der Waals surface area contributed by atoms with Crippen molar-refractivity contribution in [3.63, 3.8) is 0 Å². The Morgan fingerprint density at radius 3 is 2.84 bits per heavy atom. The molecular formula is C12H9F3N2OS. The predicted molar refractivity (Wildman–Crippen MR) is 68.4 cm³/mol. The van der Waals surface area contributed by atoms with E-state index in [9.17, 15) is 13.2 Å². The van der Waals surface area contributed by atoms with Gasteiger partial charge in [-0.05, 0) is 12.1 Å². The van der Waals surface area contributed by atoms with Crippen LogP contribution in [0, 0.1) is 12.3 Å². The summed E-state index contributed by atoms with van der Waals surface area (Å²) in [5.74, 6) is 2.14. The average Bonchev–Trinajstić information content (AvgIpc) is 2.72. The van der Waals surface area contributed by atoms with Gasteiger partial charge in [0.1, 0.15) is 5.52 Å². The molecule has 1 aromatic carbocycles. The summed E-state index contributed by atoms with van der Waals surface area (Å²) in [5, 5.41) is 0.547. The van der Waals surface area contributed by atoms with Crippen LogP contribution in [0.15, 0.2) is 18.2 Å². The van der Waals surface area contributed by atoms with Crippen LogP contribution in [0.3, 0.4) is 0 Å². The molecule has 0 N–H and O–H groups in total. The molecule has 2 rings (SSSR count). The van der Waals surface area contributed by atoms with Crippen molar-refractivity contribution >= 4 is 26.7 Å². The van der Waals surface area contributed by atoms with Crippen molar-refractivity contribution < 1.29 is 17.9 Å². The number of ether oxygens (including phenoxy) is 1. The molecule has 0 aliphatic heterocycles. The Labute approximate surface area is 111 Å². The van der Waals surface area contributed by atoms with Crippen LogP contribution in [-0.4, -0.2) is 24.9 Å². The van der Waals surface area contributed by atoms with E-state index < -0.39 is 6.36 Å². The van der Waals surface area contributed by atoms with Gasteiger partial charge in [0.05, 0.1) is 11.2 Å². The quantitative estimate of drug-likeness (QED) is 0.810. The highest BCUT2D eigenvalue weighted by Gasteiger charge is 2.32. The first kappa shape index (κ1) is 13.5. The number of aromatic nitrogens is 1. The Bertz CT molecular complexity index is 630. The molecule has 2 aromatic rings. The molecule has 0 fully saturated rings. The molecule has 3 nitrogen and oxygen atoms in total. The lowest BCUT2D eigenvalue weighted by Crippen LogP contribution is -2.17.